The molecular weight excluding hydrogens is 763 g/mol. The lowest BCUT2D eigenvalue weighted by Crippen LogP contribution is -2.53. The van der Waals surface area contributed by atoms with Crippen molar-refractivity contribution in [3.8, 4) is 33.6 Å². The van der Waals surface area contributed by atoms with Crippen molar-refractivity contribution in [3.63, 3.8) is 0 Å². The number of carbonyl (C=O) groups excluding carboxylic acids is 4. The molecule has 59 heavy (non-hydrogen) atoms. The SMILES string of the molecule is C=C(NC(=O)OC)C(=O)N1C(c2ncc(-c3ccc(-c4ccc(-c5cnc([C@@H]6CCCN6C(=O)[C@@H](NC(=O)OC)C(C)C)[nH]5)cc4)cc3)[nH]2)CCC12CCC(F)(F)CC2. The highest BCUT2D eigenvalue weighted by Gasteiger charge is 2.54. The molecule has 1 unspecified atom stereocenters. The molecule has 1 aliphatic carbocycles. The molecule has 3 atom stereocenters. The molecule has 312 valence electrons. The number of hydrogen-bond acceptors (Lipinski definition) is 8. The Bertz CT molecular complexity index is 2190. The molecule has 2 saturated heterocycles. The van der Waals surface area contributed by atoms with Crippen LogP contribution in [0, 0.1) is 5.92 Å². The van der Waals surface area contributed by atoms with Crippen molar-refractivity contribution >= 4 is 24.0 Å². The minimum Gasteiger partial charge on any atom is -0.453 e. The molecule has 4 heterocycles. The van der Waals surface area contributed by atoms with Gasteiger partial charge in [-0.1, -0.05) is 69.0 Å². The van der Waals surface area contributed by atoms with Gasteiger partial charge in [0.1, 0.15) is 23.4 Å². The number of amides is 4. The Kier molecular flexibility index (Phi) is 11.6. The van der Waals surface area contributed by atoms with Crippen LogP contribution < -0.4 is 10.6 Å². The van der Waals surface area contributed by atoms with Crippen molar-refractivity contribution in [2.24, 2.45) is 5.92 Å². The standard InChI is InChI=1S/C43H50F2N8O6/c1-25(2)35(51-41(57)59-5)39(55)52-22-6-7-33(52)36-46-23-31(49-36)29-12-8-27(9-13-29)28-10-14-30(15-11-28)32-24-47-37(50-32)34-16-17-42(18-20-43(44,45)21-19-42)53(34)38(54)26(3)48-40(56)58-4/h8-15,23-25,33-35H,3,6-7,16-22H2,1-2,4-5H3,(H,46,49)(H,47,50)(H,48,56)(H,51,57)/t33-,34?,35-/m0/s1. The molecule has 4 N–H and O–H groups in total. The summed E-state index contributed by atoms with van der Waals surface area (Å²) < 4.78 is 38.0. The second kappa shape index (κ2) is 16.7. The van der Waals surface area contributed by atoms with Crippen LogP contribution in [0.15, 0.2) is 73.2 Å². The molecule has 3 aliphatic rings. The fourth-order valence-corrected chi connectivity index (χ4v) is 8.73. The number of H-pyrrole nitrogens is 2. The number of likely N-dealkylation sites (tertiary alicyclic amines) is 2. The molecular formula is C43H50F2N8O6. The molecule has 0 bridgehead atoms. The minimum atomic E-state index is -2.79. The molecule has 0 radical (unpaired) electrons. The zero-order valence-electron chi connectivity index (χ0n) is 33.6. The summed E-state index contributed by atoms with van der Waals surface area (Å²) in [5, 5.41) is 5.03. The van der Waals surface area contributed by atoms with E-state index in [4.69, 9.17) is 4.74 Å². The third-order valence-electron chi connectivity index (χ3n) is 12.0. The van der Waals surface area contributed by atoms with Crippen LogP contribution in [-0.4, -0.2) is 92.0 Å². The summed E-state index contributed by atoms with van der Waals surface area (Å²) in [4.78, 5) is 70.7. The summed E-state index contributed by atoms with van der Waals surface area (Å²) in [5.74, 6) is -2.41. The molecule has 4 aromatic rings. The van der Waals surface area contributed by atoms with E-state index < -0.39 is 41.6 Å². The second-order valence-electron chi connectivity index (χ2n) is 16.0. The maximum absolute atomic E-state index is 14.3. The molecule has 2 aliphatic heterocycles. The number of alkyl carbamates (subject to hydrolysis) is 2. The van der Waals surface area contributed by atoms with Gasteiger partial charge < -0.3 is 34.6 Å². The highest BCUT2D eigenvalue weighted by molar-refractivity contribution is 5.96. The normalized spacial score (nSPS) is 20.1. The molecule has 4 amide bonds. The molecule has 14 nitrogen and oxygen atoms in total. The number of benzene rings is 2. The first-order chi connectivity index (χ1) is 28.2. The molecule has 3 fully saturated rings. The number of nitrogens with one attached hydrogen (secondary N) is 4. The molecule has 2 aromatic carbocycles. The van der Waals surface area contributed by atoms with E-state index in [1.807, 2.05) is 62.4 Å². The first-order valence-corrected chi connectivity index (χ1v) is 19.9. The van der Waals surface area contributed by atoms with Crippen LogP contribution >= 0.6 is 0 Å². The van der Waals surface area contributed by atoms with Crippen molar-refractivity contribution in [1.82, 2.24) is 40.4 Å². The molecule has 1 spiro atoms. The van der Waals surface area contributed by atoms with Gasteiger partial charge in [-0.2, -0.15) is 0 Å². The van der Waals surface area contributed by atoms with E-state index in [1.165, 1.54) is 14.2 Å². The van der Waals surface area contributed by atoms with Crippen molar-refractivity contribution in [2.45, 2.75) is 94.8 Å². The third kappa shape index (κ3) is 8.43. The van der Waals surface area contributed by atoms with Crippen LogP contribution in [0.5, 0.6) is 0 Å². The summed E-state index contributed by atoms with van der Waals surface area (Å²) >= 11 is 0. The van der Waals surface area contributed by atoms with E-state index >= 15 is 0 Å². The van der Waals surface area contributed by atoms with Crippen molar-refractivity contribution in [3.05, 3.63) is 84.8 Å². The zero-order valence-corrected chi connectivity index (χ0v) is 33.6. The van der Waals surface area contributed by atoms with Gasteiger partial charge in [-0.05, 0) is 66.7 Å². The number of carbonyl (C=O) groups is 4. The van der Waals surface area contributed by atoms with Crippen molar-refractivity contribution < 1.29 is 37.4 Å². The zero-order chi connectivity index (χ0) is 42.1. The van der Waals surface area contributed by atoms with Crippen LogP contribution in [-0.2, 0) is 19.1 Å². The van der Waals surface area contributed by atoms with Gasteiger partial charge in [-0.15, -0.1) is 0 Å². The lowest BCUT2D eigenvalue weighted by Gasteiger charge is -2.45. The lowest BCUT2D eigenvalue weighted by molar-refractivity contribution is -0.140. The van der Waals surface area contributed by atoms with Crippen LogP contribution in [0.1, 0.15) is 88.9 Å². The van der Waals surface area contributed by atoms with Gasteiger partial charge in [-0.3, -0.25) is 14.9 Å². The largest absolute Gasteiger partial charge is 0.453 e. The van der Waals surface area contributed by atoms with Gasteiger partial charge in [0.25, 0.3) is 5.91 Å². The smallest absolute Gasteiger partial charge is 0.411 e. The number of halogens is 2. The number of imidazole rings is 2. The number of ether oxygens (including phenoxy) is 2. The van der Waals surface area contributed by atoms with Crippen molar-refractivity contribution in [1.29, 1.82) is 0 Å². The predicted octanol–water partition coefficient (Wildman–Crippen LogP) is 7.66. The fraction of sp³-hybridized carbons (Fsp3) is 0.442. The van der Waals surface area contributed by atoms with E-state index in [2.05, 4.69) is 41.9 Å². The maximum atomic E-state index is 14.3. The van der Waals surface area contributed by atoms with Crippen LogP contribution in [0.4, 0.5) is 18.4 Å². The number of hydrogen-bond donors (Lipinski definition) is 4. The van der Waals surface area contributed by atoms with Gasteiger partial charge in [0.2, 0.25) is 11.8 Å². The monoisotopic (exact) mass is 812 g/mol. The number of rotatable bonds is 10. The first-order valence-electron chi connectivity index (χ1n) is 19.9. The average Bonchev–Trinajstić information content (AvgIpc) is 4.07. The van der Waals surface area contributed by atoms with E-state index in [0.29, 0.717) is 31.0 Å². The van der Waals surface area contributed by atoms with E-state index in [0.717, 1.165) is 46.5 Å². The quantitative estimate of drug-likeness (QED) is 0.118. The van der Waals surface area contributed by atoms with E-state index in [9.17, 15) is 28.0 Å². The molecule has 7 rings (SSSR count). The number of aromatic nitrogens is 4. The highest BCUT2D eigenvalue weighted by atomic mass is 19.3. The highest BCUT2D eigenvalue weighted by Crippen LogP contribution is 2.52. The summed E-state index contributed by atoms with van der Waals surface area (Å²) in [6, 6.07) is 14.6. The number of aromatic amines is 2. The molecule has 2 aromatic heterocycles. The number of nitrogens with zero attached hydrogens (tertiary/aromatic N) is 4. The first kappa shape index (κ1) is 41.1. The van der Waals surface area contributed by atoms with Gasteiger partial charge in [0.05, 0.1) is 50.1 Å². The van der Waals surface area contributed by atoms with Gasteiger partial charge in [0, 0.05) is 24.9 Å². The van der Waals surface area contributed by atoms with Gasteiger partial charge in [-0.25, -0.2) is 28.3 Å². The maximum Gasteiger partial charge on any atom is 0.411 e. The average molecular weight is 813 g/mol. The van der Waals surface area contributed by atoms with Gasteiger partial charge >= 0.3 is 12.2 Å². The Balaban J connectivity index is 1.03. The Morgan fingerprint density at radius 3 is 1.83 bits per heavy atom. The summed E-state index contributed by atoms with van der Waals surface area (Å²) in [5.41, 5.74) is 4.35. The topological polar surface area (TPSA) is 175 Å². The lowest BCUT2D eigenvalue weighted by atomic mass is 9.78. The third-order valence-corrected chi connectivity index (χ3v) is 12.0. The number of methoxy groups -OCH3 is 2. The Labute approximate surface area is 341 Å². The van der Waals surface area contributed by atoms with E-state index in [-0.39, 0.29) is 49.2 Å². The van der Waals surface area contributed by atoms with Crippen molar-refractivity contribution in [2.75, 3.05) is 20.8 Å². The van der Waals surface area contributed by atoms with Crippen LogP contribution in [0.2, 0.25) is 0 Å². The Hall–Kier alpha value is -6.06. The Morgan fingerprint density at radius 2 is 1.31 bits per heavy atom. The molecule has 1 saturated carbocycles. The second-order valence-corrected chi connectivity index (χ2v) is 16.0. The predicted molar refractivity (Wildman–Crippen MR) is 215 cm³/mol. The number of alkyl halides is 2. The van der Waals surface area contributed by atoms with Crippen LogP contribution in [0.3, 0.4) is 0 Å². The summed E-state index contributed by atoms with van der Waals surface area (Å²) in [7, 11) is 2.45. The summed E-state index contributed by atoms with van der Waals surface area (Å²) in [6.07, 6.45) is 4.20. The minimum absolute atomic E-state index is 0.126. The molecule has 16 heteroatoms. The Morgan fingerprint density at radius 1 is 0.780 bits per heavy atom. The van der Waals surface area contributed by atoms with Crippen LogP contribution in [0.25, 0.3) is 33.6 Å². The fourth-order valence-electron chi connectivity index (χ4n) is 8.73. The van der Waals surface area contributed by atoms with E-state index in [1.54, 1.807) is 22.2 Å². The summed E-state index contributed by atoms with van der Waals surface area (Å²) in [6.45, 7) is 8.10. The van der Waals surface area contributed by atoms with Gasteiger partial charge in [0.15, 0.2) is 0 Å².